The van der Waals surface area contributed by atoms with Crippen molar-refractivity contribution >= 4 is 23.4 Å². The molecule has 2 aromatic carbocycles. The van der Waals surface area contributed by atoms with E-state index in [1.165, 1.54) is 0 Å². The summed E-state index contributed by atoms with van der Waals surface area (Å²) < 4.78 is 1.97. The van der Waals surface area contributed by atoms with Crippen LogP contribution in [0, 0.1) is 0 Å². The molecule has 0 fully saturated rings. The van der Waals surface area contributed by atoms with Crippen LogP contribution in [0.1, 0.15) is 21.5 Å². The van der Waals surface area contributed by atoms with Crippen LogP contribution in [0.3, 0.4) is 0 Å². The first-order valence-corrected chi connectivity index (χ1v) is 7.80. The van der Waals surface area contributed by atoms with Gasteiger partial charge in [0.05, 0.1) is 11.9 Å². The Balaban J connectivity index is 1.58. The minimum Gasteiger partial charge on any atom is -0.478 e. The zero-order valence-corrected chi connectivity index (χ0v) is 13.6. The van der Waals surface area contributed by atoms with Crippen LogP contribution in [0.2, 0.25) is 5.02 Å². The highest BCUT2D eigenvalue weighted by molar-refractivity contribution is 6.30. The Hall–Kier alpha value is -2.79. The second-order valence-electron chi connectivity index (χ2n) is 5.42. The van der Waals surface area contributed by atoms with Crippen LogP contribution >= 0.6 is 11.6 Å². The lowest BCUT2D eigenvalue weighted by molar-refractivity contribution is 0.0697. The molecule has 1 heterocycles. The summed E-state index contributed by atoms with van der Waals surface area (Å²) in [7, 11) is 0. The number of hydrogen-bond acceptors (Lipinski definition) is 3. The van der Waals surface area contributed by atoms with Crippen LogP contribution in [0.25, 0.3) is 0 Å². The van der Waals surface area contributed by atoms with Crippen molar-refractivity contribution in [2.24, 2.45) is 0 Å². The third-order valence-corrected chi connectivity index (χ3v) is 3.80. The molecule has 3 aromatic rings. The number of anilines is 1. The van der Waals surface area contributed by atoms with Crippen molar-refractivity contribution in [3.8, 4) is 0 Å². The Kier molecular flexibility index (Phi) is 4.82. The van der Waals surface area contributed by atoms with Gasteiger partial charge in [-0.05, 0) is 35.4 Å². The molecule has 0 aliphatic carbocycles. The number of rotatable bonds is 6. The molecule has 5 nitrogen and oxygen atoms in total. The fourth-order valence-electron chi connectivity index (χ4n) is 2.34. The van der Waals surface area contributed by atoms with E-state index in [2.05, 4.69) is 10.3 Å². The van der Waals surface area contributed by atoms with Crippen molar-refractivity contribution in [3.05, 3.63) is 82.8 Å². The van der Waals surface area contributed by atoms with Crippen LogP contribution in [-0.2, 0) is 13.1 Å². The third-order valence-electron chi connectivity index (χ3n) is 3.56. The van der Waals surface area contributed by atoms with Gasteiger partial charge in [0.2, 0.25) is 0 Å². The third kappa shape index (κ3) is 4.14. The second kappa shape index (κ2) is 7.19. The minimum atomic E-state index is -0.922. The van der Waals surface area contributed by atoms with Crippen LogP contribution in [0.5, 0.6) is 0 Å². The topological polar surface area (TPSA) is 67.2 Å². The number of carbonyl (C=O) groups is 1. The van der Waals surface area contributed by atoms with Crippen molar-refractivity contribution in [2.75, 3.05) is 5.32 Å². The van der Waals surface area contributed by atoms with Crippen molar-refractivity contribution in [2.45, 2.75) is 13.1 Å². The highest BCUT2D eigenvalue weighted by Crippen LogP contribution is 2.13. The van der Waals surface area contributed by atoms with Gasteiger partial charge in [0.15, 0.2) is 0 Å². The number of aromatic nitrogens is 2. The number of benzene rings is 2. The molecule has 0 aliphatic heterocycles. The number of carboxylic acid groups (broad SMARTS) is 1. The fourth-order valence-corrected chi connectivity index (χ4v) is 2.55. The lowest BCUT2D eigenvalue weighted by Crippen LogP contribution is -2.01. The first-order valence-electron chi connectivity index (χ1n) is 7.42. The van der Waals surface area contributed by atoms with E-state index < -0.39 is 5.97 Å². The van der Waals surface area contributed by atoms with E-state index in [1.54, 1.807) is 30.6 Å². The summed E-state index contributed by atoms with van der Waals surface area (Å²) >= 11 is 5.99. The molecule has 1 aromatic heterocycles. The van der Waals surface area contributed by atoms with Gasteiger partial charge in [-0.15, -0.1) is 0 Å². The predicted molar refractivity (Wildman–Crippen MR) is 93.5 cm³/mol. The number of aromatic carboxylic acids is 1. The molecule has 122 valence electrons. The van der Waals surface area contributed by atoms with E-state index in [0.29, 0.717) is 13.1 Å². The largest absolute Gasteiger partial charge is 0.478 e. The maximum atomic E-state index is 10.8. The maximum absolute atomic E-state index is 10.8. The van der Waals surface area contributed by atoms with Crippen LogP contribution < -0.4 is 5.32 Å². The zero-order chi connectivity index (χ0) is 16.9. The molecule has 0 saturated heterocycles. The smallest absolute Gasteiger partial charge is 0.335 e. The second-order valence-corrected chi connectivity index (χ2v) is 5.85. The Morgan fingerprint density at radius 1 is 1.17 bits per heavy atom. The first kappa shape index (κ1) is 16.1. The average molecular weight is 342 g/mol. The van der Waals surface area contributed by atoms with E-state index in [9.17, 15) is 4.79 Å². The number of nitrogens with one attached hydrogen (secondary N) is 1. The number of nitrogens with zero attached hydrogens (tertiary/aromatic N) is 2. The molecular weight excluding hydrogens is 326 g/mol. The summed E-state index contributed by atoms with van der Waals surface area (Å²) in [5.74, 6) is -0.159. The summed E-state index contributed by atoms with van der Waals surface area (Å²) in [6.07, 6.45) is 3.68. The van der Waals surface area contributed by atoms with Gasteiger partial charge in [-0.2, -0.15) is 0 Å². The number of carboxylic acids is 1. The fraction of sp³-hybridized carbons (Fsp3) is 0.111. The summed E-state index contributed by atoms with van der Waals surface area (Å²) in [4.78, 5) is 15.1. The molecule has 0 radical (unpaired) electrons. The number of imidazole rings is 1. The highest BCUT2D eigenvalue weighted by Gasteiger charge is 2.03. The SMILES string of the molecule is O=C(O)c1ccc(CNc2cn(Cc3cccc(Cl)c3)cn2)cc1. The van der Waals surface area contributed by atoms with Gasteiger partial charge in [-0.25, -0.2) is 9.78 Å². The predicted octanol–water partition coefficient (Wildman–Crippen LogP) is 3.90. The molecule has 0 atom stereocenters. The molecule has 24 heavy (non-hydrogen) atoms. The molecule has 0 amide bonds. The molecule has 0 bridgehead atoms. The standard InChI is InChI=1S/C18H16ClN3O2/c19-16-3-1-2-14(8-16)10-22-11-17(21-12-22)20-9-13-4-6-15(7-5-13)18(23)24/h1-8,11-12,20H,9-10H2,(H,23,24). The Bertz CT molecular complexity index is 843. The van der Waals surface area contributed by atoms with Gasteiger partial charge >= 0.3 is 5.97 Å². The maximum Gasteiger partial charge on any atom is 0.335 e. The molecule has 2 N–H and O–H groups in total. The molecule has 6 heteroatoms. The van der Waals surface area contributed by atoms with Gasteiger partial charge in [-0.1, -0.05) is 35.9 Å². The van der Waals surface area contributed by atoms with Gasteiger partial charge in [0, 0.05) is 24.3 Å². The van der Waals surface area contributed by atoms with Crippen LogP contribution in [-0.4, -0.2) is 20.6 Å². The van der Waals surface area contributed by atoms with E-state index in [-0.39, 0.29) is 5.56 Å². The number of hydrogen-bond donors (Lipinski definition) is 2. The van der Waals surface area contributed by atoms with E-state index in [4.69, 9.17) is 16.7 Å². The van der Waals surface area contributed by atoms with E-state index in [1.807, 2.05) is 35.0 Å². The molecule has 0 aliphatic rings. The highest BCUT2D eigenvalue weighted by atomic mass is 35.5. The Labute approximate surface area is 144 Å². The van der Waals surface area contributed by atoms with Crippen molar-refractivity contribution in [3.63, 3.8) is 0 Å². The Morgan fingerprint density at radius 2 is 1.96 bits per heavy atom. The summed E-state index contributed by atoms with van der Waals surface area (Å²) in [5.41, 5.74) is 2.38. The molecular formula is C18H16ClN3O2. The zero-order valence-electron chi connectivity index (χ0n) is 12.8. The molecule has 0 unspecified atom stereocenters. The van der Waals surface area contributed by atoms with Crippen molar-refractivity contribution in [1.29, 1.82) is 0 Å². The van der Waals surface area contributed by atoms with Gasteiger partial charge in [-0.3, -0.25) is 0 Å². The minimum absolute atomic E-state index is 0.282. The summed E-state index contributed by atoms with van der Waals surface area (Å²) in [6.45, 7) is 1.27. The van der Waals surface area contributed by atoms with Crippen molar-refractivity contribution < 1.29 is 9.90 Å². The molecule has 3 rings (SSSR count). The quantitative estimate of drug-likeness (QED) is 0.713. The lowest BCUT2D eigenvalue weighted by atomic mass is 10.1. The van der Waals surface area contributed by atoms with Gasteiger partial charge in [0.25, 0.3) is 0 Å². The normalized spacial score (nSPS) is 10.5. The summed E-state index contributed by atoms with van der Waals surface area (Å²) in [5, 5.41) is 12.8. The van der Waals surface area contributed by atoms with Gasteiger partial charge in [0.1, 0.15) is 5.82 Å². The monoisotopic (exact) mass is 341 g/mol. The number of halogens is 1. The molecule has 0 spiro atoms. The lowest BCUT2D eigenvalue weighted by Gasteiger charge is -2.04. The average Bonchev–Trinajstić information content (AvgIpc) is 3.01. The Morgan fingerprint density at radius 3 is 2.67 bits per heavy atom. The summed E-state index contributed by atoms with van der Waals surface area (Å²) in [6, 6.07) is 14.5. The van der Waals surface area contributed by atoms with Gasteiger partial charge < -0.3 is 15.0 Å². The van der Waals surface area contributed by atoms with Crippen LogP contribution in [0.15, 0.2) is 61.1 Å². The van der Waals surface area contributed by atoms with E-state index >= 15 is 0 Å². The first-order chi connectivity index (χ1) is 11.6. The van der Waals surface area contributed by atoms with Crippen LogP contribution in [0.4, 0.5) is 5.82 Å². The molecule has 0 saturated carbocycles. The van der Waals surface area contributed by atoms with E-state index in [0.717, 1.165) is 22.0 Å². The van der Waals surface area contributed by atoms with Crippen molar-refractivity contribution in [1.82, 2.24) is 9.55 Å².